The standard InChI is InChI=1S/C31H39N5O5.H3O4P/c1-16(2)26-28(38)35-11-7-10-24(35)31(40)36(26)29(39)30(41-31,17(3)4)33-27(37)19-12-21-20-8-6-9-22-25(20)18(14-32-22)13-23(21)34(5)15-19;1-5(2,3)4/h6,8-9,12,14,16-17,19,23-24,26,32,40H,7,10-11,13,15H2,1-5H3,(H,33,37);(H3,1,2,3,4)/t19-,23-,24+,26+,30-,31+;/m1./s1. The van der Waals surface area contributed by atoms with E-state index in [2.05, 4.69) is 33.5 Å². The summed E-state index contributed by atoms with van der Waals surface area (Å²) in [6, 6.07) is 4.80. The Morgan fingerprint density at radius 3 is 2.52 bits per heavy atom. The van der Waals surface area contributed by atoms with Crippen LogP contribution < -0.4 is 5.32 Å². The van der Waals surface area contributed by atoms with Crippen molar-refractivity contribution in [1.29, 1.82) is 0 Å². The lowest BCUT2D eigenvalue weighted by molar-refractivity contribution is -0.323. The summed E-state index contributed by atoms with van der Waals surface area (Å²) in [5.41, 5.74) is 2.78. The molecule has 0 unspecified atom stereocenters. The largest absolute Gasteiger partial charge is 0.466 e. The molecule has 0 bridgehead atoms. The first kappa shape index (κ1) is 32.8. The summed E-state index contributed by atoms with van der Waals surface area (Å²) in [6.45, 7) is 8.32. The molecule has 46 heavy (non-hydrogen) atoms. The molecule has 1 aromatic carbocycles. The highest BCUT2D eigenvalue weighted by Crippen LogP contribution is 2.49. The topological polar surface area (TPSA) is 196 Å². The van der Waals surface area contributed by atoms with Gasteiger partial charge in [-0.3, -0.25) is 28.9 Å². The van der Waals surface area contributed by atoms with Crippen LogP contribution >= 0.6 is 7.82 Å². The molecule has 7 rings (SSSR count). The number of rotatable bonds is 4. The first-order valence-electron chi connectivity index (χ1n) is 15.7. The van der Waals surface area contributed by atoms with Gasteiger partial charge in [0.2, 0.25) is 17.5 Å². The zero-order chi connectivity index (χ0) is 33.5. The zero-order valence-corrected chi connectivity index (χ0v) is 27.4. The van der Waals surface area contributed by atoms with Gasteiger partial charge in [0.25, 0.3) is 11.8 Å². The summed E-state index contributed by atoms with van der Waals surface area (Å²) in [5.74, 6) is -4.36. The number of carbonyl (C=O) groups excluding carboxylic acids is 3. The molecule has 3 saturated heterocycles. The second kappa shape index (κ2) is 11.3. The number of aromatic amines is 1. The number of carbonyl (C=O) groups is 3. The minimum atomic E-state index is -4.64. The maximum atomic E-state index is 14.3. The molecule has 5 heterocycles. The van der Waals surface area contributed by atoms with Crippen LogP contribution in [0.2, 0.25) is 0 Å². The van der Waals surface area contributed by atoms with E-state index in [1.165, 1.54) is 15.8 Å². The average Bonchev–Trinajstić information content (AvgIpc) is 3.67. The molecule has 6 atom stereocenters. The summed E-state index contributed by atoms with van der Waals surface area (Å²) >= 11 is 0. The van der Waals surface area contributed by atoms with Crippen LogP contribution in [-0.2, 0) is 30.1 Å². The monoisotopic (exact) mass is 659 g/mol. The summed E-state index contributed by atoms with van der Waals surface area (Å²) in [5, 5.41) is 16.2. The lowest BCUT2D eigenvalue weighted by Crippen LogP contribution is -2.72. The fraction of sp³-hybridized carbons (Fsp3) is 0.581. The number of fused-ring (bicyclic) bond motifs is 5. The van der Waals surface area contributed by atoms with Crippen molar-refractivity contribution in [2.24, 2.45) is 17.8 Å². The van der Waals surface area contributed by atoms with Gasteiger partial charge in [0, 0.05) is 42.1 Å². The number of H-pyrrole nitrogens is 1. The second-order valence-corrected chi connectivity index (χ2v) is 14.7. The molecule has 0 saturated carbocycles. The summed E-state index contributed by atoms with van der Waals surface area (Å²) in [4.78, 5) is 72.0. The number of phosphoric acid groups is 1. The number of aromatic nitrogens is 1. The Hall–Kier alpha value is -3.10. The van der Waals surface area contributed by atoms with Gasteiger partial charge in [-0.1, -0.05) is 45.9 Å². The molecule has 2 aromatic rings. The summed E-state index contributed by atoms with van der Waals surface area (Å²) in [6.07, 6.45) is 6.21. The molecule has 5 aliphatic rings. The van der Waals surface area contributed by atoms with Gasteiger partial charge in [0.1, 0.15) is 12.1 Å². The number of nitrogens with zero attached hydrogens (tertiary/aromatic N) is 3. The smallest absolute Gasteiger partial charge is 0.361 e. The van der Waals surface area contributed by atoms with Crippen LogP contribution in [0.3, 0.4) is 0 Å². The van der Waals surface area contributed by atoms with Crippen LogP contribution in [-0.4, -0.2) is 107 Å². The molecule has 4 aliphatic heterocycles. The normalized spacial score (nSPS) is 32.3. The molecule has 3 amide bonds. The third kappa shape index (κ3) is 5.11. The molecule has 6 N–H and O–H groups in total. The third-order valence-corrected chi connectivity index (χ3v) is 10.1. The molecule has 250 valence electrons. The van der Waals surface area contributed by atoms with E-state index >= 15 is 0 Å². The van der Waals surface area contributed by atoms with Crippen LogP contribution in [0.25, 0.3) is 16.5 Å². The van der Waals surface area contributed by atoms with Crippen LogP contribution in [0.5, 0.6) is 0 Å². The van der Waals surface area contributed by atoms with E-state index in [4.69, 9.17) is 24.0 Å². The molecule has 0 radical (unpaired) electrons. The van der Waals surface area contributed by atoms with Crippen LogP contribution in [0.1, 0.15) is 51.7 Å². The maximum Gasteiger partial charge on any atom is 0.466 e. The highest BCUT2D eigenvalue weighted by molar-refractivity contribution is 7.45. The molecular weight excluding hydrogens is 617 g/mol. The Morgan fingerprint density at radius 2 is 1.87 bits per heavy atom. The van der Waals surface area contributed by atoms with Crippen molar-refractivity contribution in [1.82, 2.24) is 25.0 Å². The molecule has 0 spiro atoms. The Balaban J connectivity index is 0.000000692. The average molecular weight is 660 g/mol. The number of hydrogen-bond acceptors (Lipinski definition) is 7. The van der Waals surface area contributed by atoms with E-state index in [0.717, 1.165) is 23.1 Å². The first-order chi connectivity index (χ1) is 21.5. The molecule has 3 fully saturated rings. The number of likely N-dealkylation sites (N-methyl/N-ethyl adjacent to an activating group) is 1. The highest BCUT2D eigenvalue weighted by atomic mass is 31.2. The fourth-order valence-electron chi connectivity index (χ4n) is 7.97. The van der Waals surface area contributed by atoms with Gasteiger partial charge < -0.3 is 35.0 Å². The second-order valence-electron chi connectivity index (χ2n) is 13.6. The molecule has 14 nitrogen and oxygen atoms in total. The van der Waals surface area contributed by atoms with Crippen molar-refractivity contribution >= 4 is 42.0 Å². The van der Waals surface area contributed by atoms with Crippen molar-refractivity contribution in [3.05, 3.63) is 41.6 Å². The van der Waals surface area contributed by atoms with Gasteiger partial charge in [-0.2, -0.15) is 0 Å². The van der Waals surface area contributed by atoms with Gasteiger partial charge in [-0.15, -0.1) is 0 Å². The predicted molar refractivity (Wildman–Crippen MR) is 166 cm³/mol. The van der Waals surface area contributed by atoms with Crippen molar-refractivity contribution in [3.8, 4) is 0 Å². The van der Waals surface area contributed by atoms with Crippen LogP contribution in [0.15, 0.2) is 30.5 Å². The van der Waals surface area contributed by atoms with Gasteiger partial charge in [0.05, 0.1) is 5.92 Å². The Bertz CT molecular complexity index is 1660. The van der Waals surface area contributed by atoms with Gasteiger partial charge in [0.15, 0.2) is 0 Å². The Kier molecular flexibility index (Phi) is 8.03. The van der Waals surface area contributed by atoms with Crippen LogP contribution in [0.4, 0.5) is 0 Å². The van der Waals surface area contributed by atoms with E-state index in [1.54, 1.807) is 18.7 Å². The highest BCUT2D eigenvalue weighted by Gasteiger charge is 2.72. The van der Waals surface area contributed by atoms with Crippen molar-refractivity contribution < 1.29 is 43.5 Å². The van der Waals surface area contributed by atoms with E-state index < -0.39 is 49.3 Å². The van der Waals surface area contributed by atoms with Gasteiger partial charge in [-0.25, -0.2) is 4.57 Å². The summed E-state index contributed by atoms with van der Waals surface area (Å²) in [7, 11) is -2.61. The third-order valence-electron chi connectivity index (χ3n) is 10.1. The Morgan fingerprint density at radius 1 is 1.17 bits per heavy atom. The lowest BCUT2D eigenvalue weighted by Gasteiger charge is -2.49. The van der Waals surface area contributed by atoms with Crippen molar-refractivity contribution in [2.45, 2.75) is 76.7 Å². The maximum absolute atomic E-state index is 14.3. The quantitative estimate of drug-likeness (QED) is 0.259. The molecular formula is C31H42N5O9P. The summed E-state index contributed by atoms with van der Waals surface area (Å²) < 4.78 is 15.3. The molecule has 1 aliphatic carbocycles. The molecule has 1 aromatic heterocycles. The number of amides is 3. The number of piperazine rings is 1. The lowest BCUT2D eigenvalue weighted by atomic mass is 9.79. The van der Waals surface area contributed by atoms with E-state index in [1.807, 2.05) is 33.0 Å². The number of nitrogens with one attached hydrogen (secondary N) is 2. The van der Waals surface area contributed by atoms with Gasteiger partial charge in [-0.05, 0) is 55.0 Å². The van der Waals surface area contributed by atoms with Gasteiger partial charge >= 0.3 is 7.82 Å². The minimum Gasteiger partial charge on any atom is -0.361 e. The van der Waals surface area contributed by atoms with E-state index in [9.17, 15) is 19.5 Å². The van der Waals surface area contributed by atoms with Crippen molar-refractivity contribution in [3.63, 3.8) is 0 Å². The number of benzene rings is 1. The SMILES string of the molecule is CC(C)[C@H]1C(=O)N2CCC[C@H]2[C@]2(O)O[C@](NC(=O)[C@@H]3C=C4c5cccc6[nH]cc(c56)C[C@H]4N(C)C3)(C(C)C)C(=O)N12.O=P(O)(O)O. The predicted octanol–water partition coefficient (Wildman–Crippen LogP) is 1.11. The van der Waals surface area contributed by atoms with E-state index in [-0.39, 0.29) is 23.8 Å². The number of ether oxygens (including phenoxy) is 1. The number of hydrogen-bond donors (Lipinski definition) is 6. The number of aliphatic hydroxyl groups is 1. The molecule has 15 heteroatoms. The van der Waals surface area contributed by atoms with Crippen LogP contribution in [0, 0.1) is 17.8 Å². The Labute approximate surface area is 266 Å². The van der Waals surface area contributed by atoms with E-state index in [0.29, 0.717) is 25.9 Å². The fourth-order valence-corrected chi connectivity index (χ4v) is 7.97. The first-order valence-corrected chi connectivity index (χ1v) is 17.2. The van der Waals surface area contributed by atoms with Crippen molar-refractivity contribution in [2.75, 3.05) is 20.1 Å². The minimum absolute atomic E-state index is 0.150. The zero-order valence-electron chi connectivity index (χ0n) is 26.5.